The second-order valence-electron chi connectivity index (χ2n) is 6.52. The summed E-state index contributed by atoms with van der Waals surface area (Å²) in [6, 6.07) is 12.4. The number of Topliss-reactive ketones (excluding diaryl/α,β-unsaturated/α-hetero) is 1. The number of anilines is 1. The Labute approximate surface area is 160 Å². The van der Waals surface area contributed by atoms with E-state index in [1.165, 1.54) is 6.92 Å². The molecule has 0 saturated carbocycles. The van der Waals surface area contributed by atoms with Crippen molar-refractivity contribution in [1.82, 2.24) is 0 Å². The fourth-order valence-corrected chi connectivity index (χ4v) is 2.84. The summed E-state index contributed by atoms with van der Waals surface area (Å²) in [5.74, 6) is 1.20. The monoisotopic (exact) mass is 371 g/mol. The third-order valence-electron chi connectivity index (χ3n) is 4.62. The first-order chi connectivity index (χ1) is 12.9. The van der Waals surface area contributed by atoms with Crippen molar-refractivity contribution < 1.29 is 24.0 Å². The van der Waals surface area contributed by atoms with Gasteiger partial charge < -0.3 is 19.7 Å². The van der Waals surface area contributed by atoms with Crippen LogP contribution in [0.4, 0.5) is 5.69 Å². The molecule has 0 aliphatic rings. The molecular weight excluding hydrogens is 344 g/mol. The minimum Gasteiger partial charge on any atom is -0.493 e. The zero-order chi connectivity index (χ0) is 20.0. The largest absolute Gasteiger partial charge is 0.493 e. The van der Waals surface area contributed by atoms with Gasteiger partial charge in [0.25, 0.3) is 5.91 Å². The van der Waals surface area contributed by atoms with E-state index >= 15 is 0 Å². The average Bonchev–Trinajstić information content (AvgIpc) is 2.67. The summed E-state index contributed by atoms with van der Waals surface area (Å²) < 4.78 is 10.8. The van der Waals surface area contributed by atoms with Crippen LogP contribution in [0, 0.1) is 0 Å². The van der Waals surface area contributed by atoms with Gasteiger partial charge in [-0.1, -0.05) is 18.2 Å². The molecule has 144 valence electrons. The highest BCUT2D eigenvalue weighted by Crippen LogP contribution is 2.30. The van der Waals surface area contributed by atoms with E-state index in [1.54, 1.807) is 38.5 Å². The molecule has 2 rings (SSSR count). The summed E-state index contributed by atoms with van der Waals surface area (Å²) in [4.78, 5) is 25.1. The van der Waals surface area contributed by atoms with E-state index in [0.717, 1.165) is 10.5 Å². The molecule has 2 aromatic rings. The number of nitrogens with one attached hydrogen (secondary N) is 2. The van der Waals surface area contributed by atoms with Crippen LogP contribution in [0.2, 0.25) is 0 Å². The molecule has 27 heavy (non-hydrogen) atoms. The molecule has 1 amide bonds. The fourth-order valence-electron chi connectivity index (χ4n) is 2.84. The van der Waals surface area contributed by atoms with Crippen LogP contribution in [-0.4, -0.2) is 39.0 Å². The van der Waals surface area contributed by atoms with Crippen LogP contribution in [0.25, 0.3) is 0 Å². The maximum Gasteiger partial charge on any atom is 0.282 e. The molecule has 0 bridgehead atoms. The van der Waals surface area contributed by atoms with Crippen molar-refractivity contribution in [3.8, 4) is 11.5 Å². The maximum absolute atomic E-state index is 12.6. The Morgan fingerprint density at radius 3 is 2.44 bits per heavy atom. The maximum atomic E-state index is 12.6. The number of carbonyl (C=O) groups excluding carboxylic acids is 2. The van der Waals surface area contributed by atoms with Crippen molar-refractivity contribution in [2.45, 2.75) is 26.4 Å². The number of hydrogen-bond acceptors (Lipinski definition) is 4. The Morgan fingerprint density at radius 1 is 1.11 bits per heavy atom. The molecule has 0 aliphatic carbocycles. The lowest BCUT2D eigenvalue weighted by atomic mass is 10.1. The second-order valence-corrected chi connectivity index (χ2v) is 6.52. The number of para-hydroxylation sites is 1. The number of amides is 1. The third kappa shape index (κ3) is 5.08. The van der Waals surface area contributed by atoms with E-state index in [4.69, 9.17) is 9.47 Å². The van der Waals surface area contributed by atoms with Gasteiger partial charge >= 0.3 is 0 Å². The summed E-state index contributed by atoms with van der Waals surface area (Å²) in [5.41, 5.74) is 2.15. The number of ether oxygens (including phenoxy) is 2. The number of benzene rings is 2. The first-order valence-electron chi connectivity index (χ1n) is 8.81. The summed E-state index contributed by atoms with van der Waals surface area (Å²) in [6.07, 6.45) is 0. The van der Waals surface area contributed by atoms with E-state index in [-0.39, 0.29) is 17.7 Å². The molecule has 2 aromatic carbocycles. The lowest BCUT2D eigenvalue weighted by Gasteiger charge is -2.22. The molecule has 6 nitrogen and oxygen atoms in total. The van der Waals surface area contributed by atoms with E-state index in [9.17, 15) is 9.59 Å². The summed E-state index contributed by atoms with van der Waals surface area (Å²) >= 11 is 0. The number of quaternary nitrogens is 1. The van der Waals surface area contributed by atoms with E-state index < -0.39 is 0 Å². The van der Waals surface area contributed by atoms with Crippen molar-refractivity contribution in [3.63, 3.8) is 0 Å². The minimum absolute atomic E-state index is 0.0352. The van der Waals surface area contributed by atoms with Crippen molar-refractivity contribution in [1.29, 1.82) is 0 Å². The molecule has 0 saturated heterocycles. The highest BCUT2D eigenvalue weighted by Gasteiger charge is 2.24. The van der Waals surface area contributed by atoms with E-state index in [1.807, 2.05) is 32.2 Å². The number of likely N-dealkylation sites (N-methyl/N-ethyl adjacent to an activating group) is 1. The molecule has 2 N–H and O–H groups in total. The minimum atomic E-state index is -0.304. The molecule has 0 aromatic heterocycles. The summed E-state index contributed by atoms with van der Waals surface area (Å²) in [5, 5.41) is 2.89. The second kappa shape index (κ2) is 9.19. The van der Waals surface area contributed by atoms with Crippen molar-refractivity contribution >= 4 is 17.4 Å². The van der Waals surface area contributed by atoms with Crippen molar-refractivity contribution in [3.05, 3.63) is 53.6 Å². The van der Waals surface area contributed by atoms with Gasteiger partial charge in [0.15, 0.2) is 23.3 Å². The zero-order valence-corrected chi connectivity index (χ0v) is 16.5. The van der Waals surface area contributed by atoms with Gasteiger partial charge in [0.2, 0.25) is 0 Å². The highest BCUT2D eigenvalue weighted by molar-refractivity contribution is 5.97. The predicted molar refractivity (Wildman–Crippen MR) is 105 cm³/mol. The first kappa shape index (κ1) is 20.5. The van der Waals surface area contributed by atoms with Crippen LogP contribution < -0.4 is 19.7 Å². The van der Waals surface area contributed by atoms with Crippen LogP contribution in [0.1, 0.15) is 29.8 Å². The molecule has 0 spiro atoms. The number of ketones is 1. The van der Waals surface area contributed by atoms with Crippen molar-refractivity contribution in [2.75, 3.05) is 26.6 Å². The van der Waals surface area contributed by atoms with Gasteiger partial charge in [-0.3, -0.25) is 9.59 Å². The van der Waals surface area contributed by atoms with Gasteiger partial charge in [0.1, 0.15) is 6.54 Å². The highest BCUT2D eigenvalue weighted by atomic mass is 16.5. The van der Waals surface area contributed by atoms with Crippen LogP contribution in [0.3, 0.4) is 0 Å². The van der Waals surface area contributed by atoms with Gasteiger partial charge in [-0.2, -0.15) is 0 Å². The fraction of sp³-hybridized carbons (Fsp3) is 0.333. The van der Waals surface area contributed by atoms with Crippen LogP contribution in [0.15, 0.2) is 42.5 Å². The normalized spacial score (nSPS) is 12.8. The van der Waals surface area contributed by atoms with E-state index in [2.05, 4.69) is 5.32 Å². The molecule has 6 heteroatoms. The van der Waals surface area contributed by atoms with Crippen LogP contribution >= 0.6 is 0 Å². The first-order valence-corrected chi connectivity index (χ1v) is 8.81. The Balaban J connectivity index is 2.09. The molecule has 0 aliphatic heterocycles. The lowest BCUT2D eigenvalue weighted by Crippen LogP contribution is -3.12. The van der Waals surface area contributed by atoms with Crippen molar-refractivity contribution in [2.24, 2.45) is 0 Å². The molecule has 1 unspecified atom stereocenters. The number of rotatable bonds is 8. The van der Waals surface area contributed by atoms with Gasteiger partial charge in [0.05, 0.1) is 26.8 Å². The van der Waals surface area contributed by atoms with E-state index in [0.29, 0.717) is 29.3 Å². The molecular formula is C21H27N2O4+. The van der Waals surface area contributed by atoms with Crippen LogP contribution in [0.5, 0.6) is 11.5 Å². The summed E-state index contributed by atoms with van der Waals surface area (Å²) in [6.45, 7) is 3.97. The Hall–Kier alpha value is -2.86. The zero-order valence-electron chi connectivity index (χ0n) is 16.5. The molecule has 0 radical (unpaired) electrons. The van der Waals surface area contributed by atoms with Gasteiger partial charge in [-0.25, -0.2) is 0 Å². The SMILES string of the molecule is COc1cccc(C[NH+](C)[C@H](C)C(=O)Nc2cccc(C(C)=O)c2)c1OC. The molecule has 0 fully saturated rings. The lowest BCUT2D eigenvalue weighted by molar-refractivity contribution is -0.907. The molecule has 2 atom stereocenters. The Bertz CT molecular complexity index is 820. The van der Waals surface area contributed by atoms with Crippen LogP contribution in [-0.2, 0) is 11.3 Å². The Kier molecular flexibility index (Phi) is 6.96. The average molecular weight is 371 g/mol. The third-order valence-corrected chi connectivity index (χ3v) is 4.62. The number of hydrogen-bond donors (Lipinski definition) is 2. The number of methoxy groups -OCH3 is 2. The van der Waals surface area contributed by atoms with Gasteiger partial charge in [-0.05, 0) is 38.1 Å². The van der Waals surface area contributed by atoms with Gasteiger partial charge in [-0.15, -0.1) is 0 Å². The predicted octanol–water partition coefficient (Wildman–Crippen LogP) is 1.95. The standard InChI is InChI=1S/C21H26N2O4/c1-14(21(25)22-18-10-6-8-16(12-18)15(2)24)23(3)13-17-9-7-11-19(26-4)20(17)27-5/h6-12,14H,13H2,1-5H3,(H,22,25)/p+1/t14-/m1/s1. The molecule has 0 heterocycles. The Morgan fingerprint density at radius 2 is 1.81 bits per heavy atom. The summed E-state index contributed by atoms with van der Waals surface area (Å²) in [7, 11) is 5.16. The van der Waals surface area contributed by atoms with Gasteiger partial charge in [0, 0.05) is 11.3 Å². The smallest absolute Gasteiger partial charge is 0.282 e. The topological polar surface area (TPSA) is 69.1 Å². The number of carbonyl (C=O) groups is 2. The quantitative estimate of drug-likeness (QED) is 0.696.